The number of hydrogen-bond acceptors (Lipinski definition) is 5. The average molecular weight is 349 g/mol. The predicted octanol–water partition coefficient (Wildman–Crippen LogP) is 1.44. The number of aromatic nitrogens is 3. The predicted molar refractivity (Wildman–Crippen MR) is 95.2 cm³/mol. The fourth-order valence-electron chi connectivity index (χ4n) is 4.09. The third-order valence-electron chi connectivity index (χ3n) is 5.40. The Morgan fingerprint density at radius 2 is 2.16 bits per heavy atom. The number of nitrogens with one attached hydrogen (secondary N) is 2. The standard InChI is InChI=1S/C18H31N5O2/c1-3-4-14-11-23(15-7-9-25-10-8-15)12-16(14)20-18(24)6-5-17-19-13(2)21-22-17/h14-16H,3-12H2,1-2H3,(H,20,24)(H,19,21,22)/t14-,16-/m0/s1. The molecule has 3 heterocycles. The van der Waals surface area contributed by atoms with Crippen molar-refractivity contribution in [3.63, 3.8) is 0 Å². The highest BCUT2D eigenvalue weighted by molar-refractivity contribution is 5.76. The number of hydrogen-bond donors (Lipinski definition) is 2. The van der Waals surface area contributed by atoms with Crippen LogP contribution in [0.5, 0.6) is 0 Å². The summed E-state index contributed by atoms with van der Waals surface area (Å²) in [6, 6.07) is 0.885. The molecule has 140 valence electrons. The number of amides is 1. The van der Waals surface area contributed by atoms with E-state index in [1.165, 1.54) is 6.42 Å². The number of likely N-dealkylation sites (tertiary alicyclic amines) is 1. The Kier molecular flexibility index (Phi) is 6.42. The van der Waals surface area contributed by atoms with Crippen LogP contribution in [-0.4, -0.2) is 64.4 Å². The number of ether oxygens (including phenoxy) is 1. The fourth-order valence-corrected chi connectivity index (χ4v) is 4.09. The highest BCUT2D eigenvalue weighted by atomic mass is 16.5. The smallest absolute Gasteiger partial charge is 0.220 e. The van der Waals surface area contributed by atoms with Crippen LogP contribution in [0.15, 0.2) is 0 Å². The van der Waals surface area contributed by atoms with Crippen LogP contribution in [0, 0.1) is 12.8 Å². The Morgan fingerprint density at radius 1 is 1.36 bits per heavy atom. The van der Waals surface area contributed by atoms with E-state index < -0.39 is 0 Å². The van der Waals surface area contributed by atoms with Gasteiger partial charge in [0, 0.05) is 51.2 Å². The minimum absolute atomic E-state index is 0.113. The van der Waals surface area contributed by atoms with E-state index in [4.69, 9.17) is 4.74 Å². The van der Waals surface area contributed by atoms with Gasteiger partial charge >= 0.3 is 0 Å². The summed E-state index contributed by atoms with van der Waals surface area (Å²) in [7, 11) is 0. The van der Waals surface area contributed by atoms with E-state index >= 15 is 0 Å². The average Bonchev–Trinajstić information content (AvgIpc) is 3.21. The van der Waals surface area contributed by atoms with Crippen molar-refractivity contribution < 1.29 is 9.53 Å². The molecule has 2 saturated heterocycles. The van der Waals surface area contributed by atoms with Gasteiger partial charge in [-0.3, -0.25) is 14.8 Å². The molecule has 0 spiro atoms. The van der Waals surface area contributed by atoms with Crippen LogP contribution in [-0.2, 0) is 16.0 Å². The molecule has 2 fully saturated rings. The summed E-state index contributed by atoms with van der Waals surface area (Å²) in [6.45, 7) is 7.90. The third kappa shape index (κ3) is 5.01. The van der Waals surface area contributed by atoms with Gasteiger partial charge in [0.2, 0.25) is 5.91 Å². The van der Waals surface area contributed by atoms with Gasteiger partial charge in [0.25, 0.3) is 0 Å². The van der Waals surface area contributed by atoms with Crippen LogP contribution < -0.4 is 5.32 Å². The summed E-state index contributed by atoms with van der Waals surface area (Å²) in [6.07, 6.45) is 5.60. The van der Waals surface area contributed by atoms with Gasteiger partial charge in [0.15, 0.2) is 5.82 Å². The van der Waals surface area contributed by atoms with Crippen LogP contribution in [0.25, 0.3) is 0 Å². The molecule has 25 heavy (non-hydrogen) atoms. The summed E-state index contributed by atoms with van der Waals surface area (Å²) in [5, 5.41) is 10.2. The highest BCUT2D eigenvalue weighted by Crippen LogP contribution is 2.27. The van der Waals surface area contributed by atoms with E-state index in [1.807, 2.05) is 6.92 Å². The van der Waals surface area contributed by atoms with Crippen LogP contribution in [0.4, 0.5) is 0 Å². The third-order valence-corrected chi connectivity index (χ3v) is 5.40. The Labute approximate surface area is 149 Å². The van der Waals surface area contributed by atoms with E-state index in [-0.39, 0.29) is 11.9 Å². The zero-order chi connectivity index (χ0) is 17.6. The second kappa shape index (κ2) is 8.76. The van der Waals surface area contributed by atoms with E-state index in [0.717, 1.165) is 51.4 Å². The molecule has 0 aromatic carbocycles. The largest absolute Gasteiger partial charge is 0.381 e. The van der Waals surface area contributed by atoms with E-state index in [0.29, 0.717) is 30.6 Å². The number of aromatic amines is 1. The lowest BCUT2D eigenvalue weighted by molar-refractivity contribution is -0.122. The van der Waals surface area contributed by atoms with Gasteiger partial charge in [-0.2, -0.15) is 5.10 Å². The molecule has 2 atom stereocenters. The van der Waals surface area contributed by atoms with Crippen molar-refractivity contribution in [2.75, 3.05) is 26.3 Å². The Hall–Kier alpha value is -1.47. The van der Waals surface area contributed by atoms with Gasteiger partial charge < -0.3 is 10.1 Å². The molecule has 0 aliphatic carbocycles. The summed E-state index contributed by atoms with van der Waals surface area (Å²) in [5.41, 5.74) is 0. The van der Waals surface area contributed by atoms with Crippen molar-refractivity contribution in [2.45, 2.75) is 64.5 Å². The molecule has 1 aromatic heterocycles. The summed E-state index contributed by atoms with van der Waals surface area (Å²) in [5.74, 6) is 2.18. The Morgan fingerprint density at radius 3 is 2.84 bits per heavy atom. The quantitative estimate of drug-likeness (QED) is 0.778. The van der Waals surface area contributed by atoms with Crippen molar-refractivity contribution in [3.8, 4) is 0 Å². The van der Waals surface area contributed by atoms with Crippen molar-refractivity contribution in [2.24, 2.45) is 5.92 Å². The Bertz CT molecular complexity index is 555. The summed E-state index contributed by atoms with van der Waals surface area (Å²) >= 11 is 0. The number of aryl methyl sites for hydroxylation is 2. The first-order valence-electron chi connectivity index (χ1n) is 9.64. The molecule has 3 rings (SSSR count). The zero-order valence-corrected chi connectivity index (χ0v) is 15.5. The molecular weight excluding hydrogens is 318 g/mol. The molecule has 7 nitrogen and oxygen atoms in total. The molecule has 2 N–H and O–H groups in total. The molecule has 1 aromatic rings. The molecule has 1 amide bonds. The number of nitrogens with zero attached hydrogens (tertiary/aromatic N) is 3. The number of carbonyl (C=O) groups excluding carboxylic acids is 1. The summed E-state index contributed by atoms with van der Waals surface area (Å²) < 4.78 is 5.49. The topological polar surface area (TPSA) is 83.1 Å². The minimum Gasteiger partial charge on any atom is -0.381 e. The van der Waals surface area contributed by atoms with Crippen molar-refractivity contribution in [1.29, 1.82) is 0 Å². The van der Waals surface area contributed by atoms with Gasteiger partial charge in [-0.05, 0) is 32.1 Å². The number of rotatable bonds is 7. The SMILES string of the molecule is CCC[C@H]1CN(C2CCOCC2)C[C@@H]1NC(=O)CCc1n[nH]c(C)n1. The van der Waals surface area contributed by atoms with Gasteiger partial charge in [-0.15, -0.1) is 0 Å². The lowest BCUT2D eigenvalue weighted by atomic mass is 9.98. The van der Waals surface area contributed by atoms with Crippen LogP contribution in [0.2, 0.25) is 0 Å². The first kappa shape index (κ1) is 18.3. The first-order chi connectivity index (χ1) is 12.2. The maximum absolute atomic E-state index is 12.4. The van der Waals surface area contributed by atoms with E-state index in [2.05, 4.69) is 32.3 Å². The number of H-pyrrole nitrogens is 1. The molecule has 0 radical (unpaired) electrons. The van der Waals surface area contributed by atoms with Gasteiger partial charge in [-0.1, -0.05) is 13.3 Å². The molecule has 2 aliphatic heterocycles. The maximum Gasteiger partial charge on any atom is 0.220 e. The maximum atomic E-state index is 12.4. The zero-order valence-electron chi connectivity index (χ0n) is 15.5. The van der Waals surface area contributed by atoms with Gasteiger partial charge in [0.05, 0.1) is 0 Å². The van der Waals surface area contributed by atoms with Crippen molar-refractivity contribution >= 4 is 5.91 Å². The van der Waals surface area contributed by atoms with Gasteiger partial charge in [0.1, 0.15) is 5.82 Å². The highest BCUT2D eigenvalue weighted by Gasteiger charge is 2.36. The molecular formula is C18H31N5O2. The van der Waals surface area contributed by atoms with Crippen LogP contribution in [0.3, 0.4) is 0 Å². The van der Waals surface area contributed by atoms with E-state index in [1.54, 1.807) is 0 Å². The lowest BCUT2D eigenvalue weighted by Crippen LogP contribution is -2.42. The molecule has 0 unspecified atom stereocenters. The minimum atomic E-state index is 0.113. The lowest BCUT2D eigenvalue weighted by Gasteiger charge is -2.31. The molecule has 0 saturated carbocycles. The van der Waals surface area contributed by atoms with Crippen LogP contribution >= 0.6 is 0 Å². The van der Waals surface area contributed by atoms with Crippen molar-refractivity contribution in [1.82, 2.24) is 25.4 Å². The monoisotopic (exact) mass is 349 g/mol. The second-order valence-corrected chi connectivity index (χ2v) is 7.36. The Balaban J connectivity index is 1.50. The van der Waals surface area contributed by atoms with Crippen molar-refractivity contribution in [3.05, 3.63) is 11.6 Å². The summed E-state index contributed by atoms with van der Waals surface area (Å²) in [4.78, 5) is 19.2. The fraction of sp³-hybridized carbons (Fsp3) is 0.833. The van der Waals surface area contributed by atoms with Crippen LogP contribution in [0.1, 0.15) is 50.7 Å². The van der Waals surface area contributed by atoms with Gasteiger partial charge in [-0.25, -0.2) is 4.98 Å². The molecule has 0 bridgehead atoms. The molecule has 7 heteroatoms. The first-order valence-corrected chi connectivity index (χ1v) is 9.64. The van der Waals surface area contributed by atoms with E-state index in [9.17, 15) is 4.79 Å². The molecule has 2 aliphatic rings. The number of carbonyl (C=O) groups is 1. The normalized spacial score (nSPS) is 25.4. The second-order valence-electron chi connectivity index (χ2n) is 7.36.